The van der Waals surface area contributed by atoms with Gasteiger partial charge in [0.25, 0.3) is 5.56 Å². The Bertz CT molecular complexity index is 708. The first-order valence-corrected chi connectivity index (χ1v) is 6.63. The van der Waals surface area contributed by atoms with E-state index in [0.717, 1.165) is 0 Å². The summed E-state index contributed by atoms with van der Waals surface area (Å²) in [7, 11) is 1.47. The van der Waals surface area contributed by atoms with E-state index in [-0.39, 0.29) is 24.8 Å². The average Bonchev–Trinajstić information content (AvgIpc) is 2.89. The predicted octanol–water partition coefficient (Wildman–Crippen LogP) is 0.323. The Morgan fingerprint density at radius 3 is 2.86 bits per heavy atom. The van der Waals surface area contributed by atoms with E-state index in [4.69, 9.17) is 4.74 Å². The van der Waals surface area contributed by atoms with Gasteiger partial charge in [0.2, 0.25) is 0 Å². The minimum atomic E-state index is -0.684. The number of carbonyl (C=O) groups excluding carboxylic acids is 1. The molecule has 0 spiro atoms. The highest BCUT2D eigenvalue weighted by atomic mass is 16.6. The number of nitrogens with one attached hydrogen (secondary N) is 1. The highest BCUT2D eigenvalue weighted by Crippen LogP contribution is 2.08. The summed E-state index contributed by atoms with van der Waals surface area (Å²) in [4.78, 5) is 28.1. The minimum absolute atomic E-state index is 0.116. The highest BCUT2D eigenvalue weighted by molar-refractivity contribution is 5.80. The van der Waals surface area contributed by atoms with Crippen molar-refractivity contribution in [2.45, 2.75) is 26.4 Å². The van der Waals surface area contributed by atoms with Crippen molar-refractivity contribution >= 4 is 11.6 Å². The van der Waals surface area contributed by atoms with Crippen LogP contribution in [0.15, 0.2) is 21.8 Å². The molecule has 22 heavy (non-hydrogen) atoms. The van der Waals surface area contributed by atoms with Crippen molar-refractivity contribution in [2.24, 2.45) is 0 Å². The zero-order valence-electron chi connectivity index (χ0n) is 12.6. The van der Waals surface area contributed by atoms with Gasteiger partial charge in [0, 0.05) is 19.5 Å². The zero-order chi connectivity index (χ0) is 16.1. The molecule has 0 aliphatic rings. The Morgan fingerprint density at radius 1 is 1.50 bits per heavy atom. The number of rotatable bonds is 7. The Kier molecular flexibility index (Phi) is 4.99. The third-order valence-electron chi connectivity index (χ3n) is 3.17. The fraction of sp³-hybridized carbons (Fsp3) is 0.462. The van der Waals surface area contributed by atoms with Gasteiger partial charge in [-0.25, -0.2) is 9.61 Å². The second-order valence-corrected chi connectivity index (χ2v) is 4.72. The molecule has 0 saturated carbocycles. The molecular formula is C13H17N5O4. The smallest absolute Gasteiger partial charge is 0.294 e. The van der Waals surface area contributed by atoms with Crippen molar-refractivity contribution in [3.63, 3.8) is 0 Å². The maximum absolute atomic E-state index is 12.4. The number of carbonyl (C=O) groups is 1. The van der Waals surface area contributed by atoms with E-state index in [2.05, 4.69) is 25.2 Å². The van der Waals surface area contributed by atoms with Crippen LogP contribution in [0.5, 0.6) is 0 Å². The van der Waals surface area contributed by atoms with Crippen LogP contribution in [0.1, 0.15) is 24.4 Å². The SMILES string of the molecule is COCC(C(C)=O)n1ccnc(NCc2nonc2C)c1=O. The van der Waals surface area contributed by atoms with Crippen molar-refractivity contribution in [1.82, 2.24) is 19.9 Å². The molecule has 0 amide bonds. The number of ketones is 1. The van der Waals surface area contributed by atoms with Crippen LogP contribution in [0.25, 0.3) is 0 Å². The van der Waals surface area contributed by atoms with Crippen LogP contribution in [0.4, 0.5) is 5.82 Å². The number of anilines is 1. The quantitative estimate of drug-likeness (QED) is 0.778. The standard InChI is InChI=1S/C13H17N5O4/c1-8-10(17-22-16-8)6-15-12-13(20)18(5-4-14-12)11(7-21-3)9(2)19/h4-5,11H,6-7H2,1-3H3,(H,14,15). The number of aryl methyl sites for hydroxylation is 1. The zero-order valence-corrected chi connectivity index (χ0v) is 12.6. The van der Waals surface area contributed by atoms with Gasteiger partial charge in [0.15, 0.2) is 11.6 Å². The fourth-order valence-corrected chi connectivity index (χ4v) is 1.92. The van der Waals surface area contributed by atoms with Crippen LogP contribution in [-0.4, -0.2) is 39.4 Å². The van der Waals surface area contributed by atoms with Gasteiger partial charge in [-0.15, -0.1) is 0 Å². The lowest BCUT2D eigenvalue weighted by Crippen LogP contribution is -2.33. The molecule has 1 atom stereocenters. The first kappa shape index (κ1) is 15.8. The molecule has 0 aliphatic carbocycles. The number of nitrogens with zero attached hydrogens (tertiary/aromatic N) is 4. The molecule has 0 saturated heterocycles. The molecule has 1 N–H and O–H groups in total. The molecule has 0 radical (unpaired) electrons. The third kappa shape index (κ3) is 3.37. The van der Waals surface area contributed by atoms with Gasteiger partial charge in [-0.2, -0.15) is 0 Å². The molecule has 2 aromatic rings. The first-order chi connectivity index (χ1) is 10.5. The van der Waals surface area contributed by atoms with Crippen molar-refractivity contribution in [3.05, 3.63) is 34.1 Å². The number of hydrogen-bond donors (Lipinski definition) is 1. The third-order valence-corrected chi connectivity index (χ3v) is 3.17. The Labute approximate surface area is 126 Å². The van der Waals surface area contributed by atoms with Gasteiger partial charge in [0.1, 0.15) is 17.4 Å². The molecule has 2 aromatic heterocycles. The van der Waals surface area contributed by atoms with Crippen molar-refractivity contribution in [1.29, 1.82) is 0 Å². The fourth-order valence-electron chi connectivity index (χ4n) is 1.92. The Hall–Kier alpha value is -2.55. The topological polar surface area (TPSA) is 112 Å². The Balaban J connectivity index is 2.23. The molecule has 1 unspecified atom stereocenters. The van der Waals surface area contributed by atoms with E-state index in [1.165, 1.54) is 31.0 Å². The monoisotopic (exact) mass is 307 g/mol. The molecule has 0 bridgehead atoms. The van der Waals surface area contributed by atoms with Crippen LogP contribution < -0.4 is 10.9 Å². The molecule has 0 aliphatic heterocycles. The lowest BCUT2D eigenvalue weighted by molar-refractivity contribution is -0.121. The summed E-state index contributed by atoms with van der Waals surface area (Å²) >= 11 is 0. The van der Waals surface area contributed by atoms with E-state index in [1.807, 2.05) is 0 Å². The van der Waals surface area contributed by atoms with Gasteiger partial charge < -0.3 is 10.1 Å². The van der Waals surface area contributed by atoms with Crippen molar-refractivity contribution < 1.29 is 14.2 Å². The lowest BCUT2D eigenvalue weighted by Gasteiger charge is -2.16. The summed E-state index contributed by atoms with van der Waals surface area (Å²) in [5.41, 5.74) is 0.801. The maximum Gasteiger partial charge on any atom is 0.294 e. The summed E-state index contributed by atoms with van der Waals surface area (Å²) < 4.78 is 10.9. The number of hydrogen-bond acceptors (Lipinski definition) is 8. The summed E-state index contributed by atoms with van der Waals surface area (Å²) in [6.07, 6.45) is 2.91. The maximum atomic E-state index is 12.4. The van der Waals surface area contributed by atoms with Gasteiger partial charge in [-0.05, 0) is 13.8 Å². The van der Waals surface area contributed by atoms with Crippen LogP contribution in [0.2, 0.25) is 0 Å². The van der Waals surface area contributed by atoms with Gasteiger partial charge in [-0.1, -0.05) is 10.3 Å². The average molecular weight is 307 g/mol. The molecule has 0 aromatic carbocycles. The minimum Gasteiger partial charge on any atom is -0.382 e. The number of ether oxygens (including phenoxy) is 1. The molecule has 2 rings (SSSR count). The van der Waals surface area contributed by atoms with Crippen LogP contribution >= 0.6 is 0 Å². The second-order valence-electron chi connectivity index (χ2n) is 4.72. The molecular weight excluding hydrogens is 290 g/mol. The summed E-state index contributed by atoms with van der Waals surface area (Å²) in [5, 5.41) is 10.2. The summed E-state index contributed by atoms with van der Waals surface area (Å²) in [6.45, 7) is 3.52. The van der Waals surface area contributed by atoms with E-state index in [1.54, 1.807) is 6.92 Å². The van der Waals surface area contributed by atoms with E-state index >= 15 is 0 Å². The van der Waals surface area contributed by atoms with Crippen LogP contribution in [0.3, 0.4) is 0 Å². The van der Waals surface area contributed by atoms with Crippen molar-refractivity contribution in [3.8, 4) is 0 Å². The molecule has 118 valence electrons. The Morgan fingerprint density at radius 2 is 2.27 bits per heavy atom. The molecule has 2 heterocycles. The number of aromatic nitrogens is 4. The molecule has 9 nitrogen and oxygen atoms in total. The van der Waals surface area contributed by atoms with Gasteiger partial charge in [0.05, 0.1) is 13.2 Å². The van der Waals surface area contributed by atoms with Crippen molar-refractivity contribution in [2.75, 3.05) is 19.0 Å². The lowest BCUT2D eigenvalue weighted by atomic mass is 10.2. The van der Waals surface area contributed by atoms with Gasteiger partial charge in [-0.3, -0.25) is 14.2 Å². The first-order valence-electron chi connectivity index (χ1n) is 6.63. The summed E-state index contributed by atoms with van der Waals surface area (Å²) in [5.74, 6) is -0.0510. The van der Waals surface area contributed by atoms with Gasteiger partial charge >= 0.3 is 0 Å². The normalized spacial score (nSPS) is 12.1. The largest absolute Gasteiger partial charge is 0.382 e. The predicted molar refractivity (Wildman–Crippen MR) is 76.5 cm³/mol. The van der Waals surface area contributed by atoms with E-state index in [0.29, 0.717) is 11.4 Å². The van der Waals surface area contributed by atoms with Crippen LogP contribution in [-0.2, 0) is 16.1 Å². The molecule has 0 fully saturated rings. The van der Waals surface area contributed by atoms with Crippen LogP contribution in [0, 0.1) is 6.92 Å². The van der Waals surface area contributed by atoms with E-state index < -0.39 is 11.6 Å². The van der Waals surface area contributed by atoms with E-state index in [9.17, 15) is 9.59 Å². The second kappa shape index (κ2) is 6.94. The highest BCUT2D eigenvalue weighted by Gasteiger charge is 2.19. The molecule has 9 heteroatoms. The number of Topliss-reactive ketones (excluding diaryl/α,β-unsaturated/α-hetero) is 1. The summed E-state index contributed by atoms with van der Waals surface area (Å²) in [6, 6.07) is -0.684. The number of methoxy groups -OCH3 is 1.